The van der Waals surface area contributed by atoms with Crippen LogP contribution in [0.5, 0.6) is 0 Å². The average molecular weight is 738 g/mol. The minimum Gasteiger partial charge on any atom is -0.376 e. The molecule has 0 aromatic rings. The monoisotopic (exact) mass is 738 g/mol. The number of hydrogen-bond acceptors (Lipinski definition) is 9. The molecular formula is C38H71N7O7. The van der Waals surface area contributed by atoms with Gasteiger partial charge in [-0.1, -0.05) is 72.6 Å². The van der Waals surface area contributed by atoms with E-state index in [0.717, 1.165) is 57.8 Å². The van der Waals surface area contributed by atoms with Crippen molar-refractivity contribution in [2.45, 2.75) is 161 Å². The van der Waals surface area contributed by atoms with Crippen LogP contribution in [0.3, 0.4) is 0 Å². The van der Waals surface area contributed by atoms with E-state index in [1.54, 1.807) is 20.9 Å². The molecule has 52 heavy (non-hydrogen) atoms. The van der Waals surface area contributed by atoms with E-state index in [-0.39, 0.29) is 37.5 Å². The molecule has 0 bridgehead atoms. The molecule has 5 amide bonds. The molecule has 1 saturated heterocycles. The number of amides is 5. The lowest BCUT2D eigenvalue weighted by Crippen LogP contribution is -2.63. The molecule has 2 rings (SSSR count). The van der Waals surface area contributed by atoms with Gasteiger partial charge in [-0.05, 0) is 64.3 Å². The Hall–Kier alpha value is -2.81. The minimum atomic E-state index is -1.19. The Kier molecular flexibility index (Phi) is 20.7. The van der Waals surface area contributed by atoms with Crippen LogP contribution in [0.25, 0.3) is 0 Å². The zero-order valence-corrected chi connectivity index (χ0v) is 33.0. The first-order chi connectivity index (χ1) is 24.7. The van der Waals surface area contributed by atoms with Crippen molar-refractivity contribution >= 4 is 29.5 Å². The van der Waals surface area contributed by atoms with Gasteiger partial charge in [0.2, 0.25) is 29.5 Å². The molecule has 0 spiro atoms. The second-order valence-corrected chi connectivity index (χ2v) is 15.4. The summed E-state index contributed by atoms with van der Waals surface area (Å²) < 4.78 is 12.3. The highest BCUT2D eigenvalue weighted by Crippen LogP contribution is 2.28. The molecule has 14 heteroatoms. The topological polar surface area (TPSA) is 207 Å². The van der Waals surface area contributed by atoms with Crippen LogP contribution in [0.2, 0.25) is 0 Å². The van der Waals surface area contributed by atoms with Crippen LogP contribution in [0.15, 0.2) is 0 Å². The van der Waals surface area contributed by atoms with Crippen LogP contribution in [-0.4, -0.2) is 110 Å². The van der Waals surface area contributed by atoms with E-state index in [0.29, 0.717) is 25.8 Å². The van der Waals surface area contributed by atoms with Gasteiger partial charge in [0.25, 0.3) is 0 Å². The van der Waals surface area contributed by atoms with Gasteiger partial charge in [0, 0.05) is 26.2 Å². The van der Waals surface area contributed by atoms with E-state index in [1.807, 2.05) is 20.8 Å². The fourth-order valence-corrected chi connectivity index (χ4v) is 7.12. The summed E-state index contributed by atoms with van der Waals surface area (Å²) in [5, 5.41) is 11.5. The van der Waals surface area contributed by atoms with E-state index in [9.17, 15) is 24.0 Å². The number of nitrogens with one attached hydrogen (secondary N) is 4. The molecule has 8 atom stereocenters. The van der Waals surface area contributed by atoms with Gasteiger partial charge in [-0.2, -0.15) is 0 Å². The summed E-state index contributed by atoms with van der Waals surface area (Å²) in [6, 6.07) is -4.56. The van der Waals surface area contributed by atoms with Crippen LogP contribution in [0.4, 0.5) is 0 Å². The Balaban J connectivity index is 2.58. The molecule has 14 nitrogen and oxygen atoms in total. The molecule has 0 radical (unpaired) electrons. The first-order valence-corrected chi connectivity index (χ1v) is 19.9. The molecule has 1 aliphatic carbocycles. The fourth-order valence-electron chi connectivity index (χ4n) is 7.12. The quantitative estimate of drug-likeness (QED) is 0.144. The number of carbonyl (C=O) groups excluding carboxylic acids is 5. The maximum absolute atomic E-state index is 14.2. The molecule has 8 N–H and O–H groups in total. The number of nitrogens with zero attached hydrogens (tertiary/aromatic N) is 1. The van der Waals surface area contributed by atoms with E-state index in [1.165, 1.54) is 4.90 Å². The van der Waals surface area contributed by atoms with E-state index >= 15 is 0 Å². The number of carbonyl (C=O) groups is 5. The van der Waals surface area contributed by atoms with Gasteiger partial charge in [-0.25, -0.2) is 0 Å². The van der Waals surface area contributed by atoms with Crippen molar-refractivity contribution < 1.29 is 33.4 Å². The first kappa shape index (κ1) is 45.3. The molecule has 1 saturated carbocycles. The van der Waals surface area contributed by atoms with Crippen molar-refractivity contribution in [2.75, 3.05) is 33.4 Å². The predicted molar refractivity (Wildman–Crippen MR) is 202 cm³/mol. The largest absolute Gasteiger partial charge is 0.376 e. The van der Waals surface area contributed by atoms with Crippen molar-refractivity contribution in [3.05, 3.63) is 0 Å². The van der Waals surface area contributed by atoms with Crippen LogP contribution in [-0.2, 0) is 33.4 Å². The first-order valence-electron chi connectivity index (χ1n) is 19.9. The number of hydrogen-bond donors (Lipinski definition) is 6. The number of nitrogens with two attached hydrogens (primary N) is 2. The third-order valence-corrected chi connectivity index (χ3v) is 10.4. The summed E-state index contributed by atoms with van der Waals surface area (Å²) >= 11 is 0. The number of likely N-dealkylation sites (N-methyl/N-ethyl adjacent to an activating group) is 1. The van der Waals surface area contributed by atoms with E-state index in [4.69, 9.17) is 20.9 Å². The van der Waals surface area contributed by atoms with Gasteiger partial charge in [-0.15, -0.1) is 0 Å². The standard InChI is InChI=1S/C38H71N7O7/c1-8-9-10-14-18-31-26(5)38(50)45(7)30(21-24(2)3)35(47)44-33(28-16-12-11-13-17-28)37(49)42-29(22-40)34(46)43-32(27(6)51-20-15-19-39)36(48)41-25(4)23-52-31/h24-33H,8-23,39-40H2,1-7H3,(H,41,48)(H,42,49)(H,43,46)(H,44,47)/t25-,26-,27+,29+,30+,31-,32+,33+/m1/s1. The molecule has 1 aliphatic heterocycles. The Bertz CT molecular complexity index is 1120. The summed E-state index contributed by atoms with van der Waals surface area (Å²) in [4.78, 5) is 71.4. The number of unbranched alkanes of at least 4 members (excludes halogenated alkanes) is 3. The van der Waals surface area contributed by atoms with Crippen molar-refractivity contribution in [3.63, 3.8) is 0 Å². The predicted octanol–water partition coefficient (Wildman–Crippen LogP) is 2.12. The van der Waals surface area contributed by atoms with Gasteiger partial charge >= 0.3 is 0 Å². The van der Waals surface area contributed by atoms with Crippen molar-refractivity contribution in [3.8, 4) is 0 Å². The lowest BCUT2D eigenvalue weighted by atomic mass is 9.83. The SMILES string of the molecule is CCCCCC[C@H]1OC[C@@H](C)NC(=O)[C@H]([C@H](C)OCCCN)NC(=O)[C@H](CN)NC(=O)[C@H](C2CCCCC2)NC(=O)[C@H](CC(C)C)N(C)C(=O)[C@@H]1C. The highest BCUT2D eigenvalue weighted by molar-refractivity contribution is 5.96. The average Bonchev–Trinajstić information content (AvgIpc) is 3.12. The van der Waals surface area contributed by atoms with Crippen molar-refractivity contribution in [1.29, 1.82) is 0 Å². The molecule has 0 aromatic carbocycles. The van der Waals surface area contributed by atoms with Gasteiger partial charge in [0.15, 0.2) is 0 Å². The Morgan fingerprint density at radius 1 is 0.846 bits per heavy atom. The smallest absolute Gasteiger partial charge is 0.245 e. The zero-order valence-electron chi connectivity index (χ0n) is 33.0. The van der Waals surface area contributed by atoms with Gasteiger partial charge < -0.3 is 47.1 Å². The van der Waals surface area contributed by atoms with Crippen molar-refractivity contribution in [1.82, 2.24) is 26.2 Å². The molecular weight excluding hydrogens is 666 g/mol. The van der Waals surface area contributed by atoms with Crippen LogP contribution >= 0.6 is 0 Å². The summed E-state index contributed by atoms with van der Waals surface area (Å²) in [6.45, 7) is 12.0. The van der Waals surface area contributed by atoms with Crippen LogP contribution < -0.4 is 32.7 Å². The maximum Gasteiger partial charge on any atom is 0.245 e. The Morgan fingerprint density at radius 3 is 2.15 bits per heavy atom. The van der Waals surface area contributed by atoms with Gasteiger partial charge in [0.1, 0.15) is 24.2 Å². The molecule has 2 fully saturated rings. The molecule has 1 heterocycles. The summed E-state index contributed by atoms with van der Waals surface area (Å²) in [5.41, 5.74) is 11.7. The number of rotatable bonds is 14. The van der Waals surface area contributed by atoms with Crippen molar-refractivity contribution in [2.24, 2.45) is 29.2 Å². The fraction of sp³-hybridized carbons (Fsp3) is 0.868. The van der Waals surface area contributed by atoms with E-state index in [2.05, 4.69) is 28.2 Å². The Labute approximate surface area is 312 Å². The lowest BCUT2D eigenvalue weighted by Gasteiger charge is -2.36. The second kappa shape index (κ2) is 23.8. The van der Waals surface area contributed by atoms with Crippen LogP contribution in [0, 0.1) is 17.8 Å². The minimum absolute atomic E-state index is 0.0790. The summed E-state index contributed by atoms with van der Waals surface area (Å²) in [5.74, 6) is -2.97. The summed E-state index contributed by atoms with van der Waals surface area (Å²) in [7, 11) is 1.65. The molecule has 2 aliphatic rings. The van der Waals surface area contributed by atoms with Crippen LogP contribution in [0.1, 0.15) is 119 Å². The van der Waals surface area contributed by atoms with Gasteiger partial charge in [0.05, 0.1) is 24.7 Å². The summed E-state index contributed by atoms with van der Waals surface area (Å²) in [6.07, 6.45) is 8.70. The molecule has 300 valence electrons. The Morgan fingerprint density at radius 2 is 1.54 bits per heavy atom. The third kappa shape index (κ3) is 14.5. The zero-order chi connectivity index (χ0) is 38.8. The maximum atomic E-state index is 14.2. The molecule has 0 unspecified atom stereocenters. The second-order valence-electron chi connectivity index (χ2n) is 15.4. The third-order valence-electron chi connectivity index (χ3n) is 10.4. The normalized spacial score (nSPS) is 29.0. The highest BCUT2D eigenvalue weighted by Gasteiger charge is 2.39. The van der Waals surface area contributed by atoms with Gasteiger partial charge in [-0.3, -0.25) is 24.0 Å². The highest BCUT2D eigenvalue weighted by atomic mass is 16.5. The number of ether oxygens (including phenoxy) is 2. The molecule has 0 aromatic heterocycles. The lowest BCUT2D eigenvalue weighted by molar-refractivity contribution is -0.147. The van der Waals surface area contributed by atoms with E-state index < -0.39 is 72.0 Å².